The molecular weight excluding hydrogens is 223 g/mol. The number of alkyl halides is 4. The molecule has 1 amide bonds. The van der Waals surface area contributed by atoms with E-state index in [1.807, 2.05) is 0 Å². The Balaban J connectivity index is 4.31. The van der Waals surface area contributed by atoms with E-state index in [-0.39, 0.29) is 0 Å². The molecule has 0 fully saturated rings. The number of nitrogens with zero attached hydrogens (tertiary/aromatic N) is 1. The summed E-state index contributed by atoms with van der Waals surface area (Å²) in [5.74, 6) is -1.83. The van der Waals surface area contributed by atoms with Gasteiger partial charge in [-0.3, -0.25) is 9.59 Å². The molecule has 7 heteroatoms. The fraction of sp³-hybridized carbons (Fsp3) is 0.714. The molecule has 0 saturated heterocycles. The zero-order valence-corrected chi connectivity index (χ0v) is 8.15. The second-order valence-corrected chi connectivity index (χ2v) is 2.93. The molecule has 0 aliphatic rings. The third kappa shape index (κ3) is 5.80. The van der Waals surface area contributed by atoms with E-state index in [0.717, 1.165) is 6.92 Å². The maximum atomic E-state index is 11.9. The first-order valence-corrected chi connectivity index (χ1v) is 4.19. The third-order valence-electron chi connectivity index (χ3n) is 1.33. The van der Waals surface area contributed by atoms with E-state index in [4.69, 9.17) is 11.6 Å². The van der Waals surface area contributed by atoms with Gasteiger partial charge in [0.25, 0.3) is 0 Å². The highest BCUT2D eigenvalue weighted by Crippen LogP contribution is 2.16. The van der Waals surface area contributed by atoms with Crippen LogP contribution in [0, 0.1) is 0 Å². The van der Waals surface area contributed by atoms with Gasteiger partial charge in [-0.25, -0.2) is 0 Å². The lowest BCUT2D eigenvalue weighted by atomic mass is 10.3. The van der Waals surface area contributed by atoms with Crippen LogP contribution in [0.3, 0.4) is 0 Å². The van der Waals surface area contributed by atoms with Crippen LogP contribution in [0.2, 0.25) is 0 Å². The van der Waals surface area contributed by atoms with Crippen LogP contribution in [-0.2, 0) is 9.59 Å². The SMILES string of the molecule is CC(=O)N(CC(=O)CCl)CC(F)(F)F. The average molecular weight is 232 g/mol. The molecule has 0 N–H and O–H groups in total. The van der Waals surface area contributed by atoms with E-state index >= 15 is 0 Å². The topological polar surface area (TPSA) is 37.4 Å². The van der Waals surface area contributed by atoms with Crippen LogP contribution in [0.4, 0.5) is 13.2 Å². The fourth-order valence-electron chi connectivity index (χ4n) is 0.750. The predicted molar refractivity (Wildman–Crippen MR) is 44.0 cm³/mol. The van der Waals surface area contributed by atoms with Crippen molar-refractivity contribution in [2.45, 2.75) is 13.1 Å². The van der Waals surface area contributed by atoms with Gasteiger partial charge in [-0.15, -0.1) is 11.6 Å². The minimum Gasteiger partial charge on any atom is -0.326 e. The van der Waals surface area contributed by atoms with E-state index in [9.17, 15) is 22.8 Å². The molecule has 0 saturated carbocycles. The normalized spacial score (nSPS) is 11.2. The first kappa shape index (κ1) is 13.2. The summed E-state index contributed by atoms with van der Waals surface area (Å²) in [5, 5.41) is 0. The average Bonchev–Trinajstić information content (AvgIpc) is 2.00. The van der Waals surface area contributed by atoms with E-state index in [2.05, 4.69) is 0 Å². The second-order valence-electron chi connectivity index (χ2n) is 2.66. The minimum atomic E-state index is -4.50. The fourth-order valence-corrected chi connectivity index (χ4v) is 0.835. The zero-order valence-electron chi connectivity index (χ0n) is 7.40. The maximum absolute atomic E-state index is 11.9. The zero-order chi connectivity index (χ0) is 11.4. The van der Waals surface area contributed by atoms with Gasteiger partial charge in [0.05, 0.1) is 12.4 Å². The van der Waals surface area contributed by atoms with Gasteiger partial charge in [0.15, 0.2) is 5.78 Å². The number of amides is 1. The van der Waals surface area contributed by atoms with Crippen molar-refractivity contribution in [1.82, 2.24) is 4.90 Å². The van der Waals surface area contributed by atoms with Gasteiger partial charge in [-0.1, -0.05) is 0 Å². The van der Waals surface area contributed by atoms with Gasteiger partial charge in [-0.2, -0.15) is 13.2 Å². The highest BCUT2D eigenvalue weighted by Gasteiger charge is 2.32. The van der Waals surface area contributed by atoms with Gasteiger partial charge >= 0.3 is 6.18 Å². The van der Waals surface area contributed by atoms with Crippen LogP contribution < -0.4 is 0 Å². The van der Waals surface area contributed by atoms with Gasteiger partial charge in [-0.05, 0) is 0 Å². The van der Waals surface area contributed by atoms with Crippen molar-refractivity contribution >= 4 is 23.3 Å². The summed E-state index contributed by atoms with van der Waals surface area (Å²) < 4.78 is 35.6. The smallest absolute Gasteiger partial charge is 0.326 e. The third-order valence-corrected chi connectivity index (χ3v) is 1.63. The standard InChI is InChI=1S/C7H9ClF3NO2/c1-5(13)12(3-6(14)2-8)4-7(9,10)11/h2-4H2,1H3. The molecule has 0 aromatic rings. The quantitative estimate of drug-likeness (QED) is 0.682. The van der Waals surface area contributed by atoms with Crippen molar-refractivity contribution in [3.05, 3.63) is 0 Å². The van der Waals surface area contributed by atoms with Crippen molar-refractivity contribution in [2.24, 2.45) is 0 Å². The summed E-state index contributed by atoms with van der Waals surface area (Å²) in [5.41, 5.74) is 0. The maximum Gasteiger partial charge on any atom is 0.406 e. The lowest BCUT2D eigenvalue weighted by molar-refractivity contribution is -0.161. The minimum absolute atomic E-state index is 0.401. The second kappa shape index (κ2) is 5.19. The molecule has 0 bridgehead atoms. The summed E-state index contributed by atoms with van der Waals surface area (Å²) in [6.07, 6.45) is -4.50. The highest BCUT2D eigenvalue weighted by molar-refractivity contribution is 6.28. The van der Waals surface area contributed by atoms with E-state index in [1.54, 1.807) is 0 Å². The Hall–Kier alpha value is -0.780. The number of rotatable bonds is 4. The lowest BCUT2D eigenvalue weighted by Gasteiger charge is -2.21. The van der Waals surface area contributed by atoms with E-state index in [0.29, 0.717) is 4.90 Å². The van der Waals surface area contributed by atoms with E-state index in [1.165, 1.54) is 0 Å². The Morgan fingerprint density at radius 3 is 2.14 bits per heavy atom. The predicted octanol–water partition coefficient (Wildman–Crippen LogP) is 1.21. The molecule has 0 aromatic heterocycles. The molecule has 0 radical (unpaired) electrons. The van der Waals surface area contributed by atoms with Crippen molar-refractivity contribution in [3.63, 3.8) is 0 Å². The van der Waals surface area contributed by atoms with Crippen LogP contribution >= 0.6 is 11.6 Å². The number of hydrogen-bond acceptors (Lipinski definition) is 2. The molecule has 0 aliphatic carbocycles. The Bertz CT molecular complexity index is 229. The van der Waals surface area contributed by atoms with Crippen LogP contribution in [0.5, 0.6) is 0 Å². The molecule has 14 heavy (non-hydrogen) atoms. The molecule has 0 atom stereocenters. The van der Waals surface area contributed by atoms with Crippen LogP contribution in [0.1, 0.15) is 6.92 Å². The van der Waals surface area contributed by atoms with Gasteiger partial charge in [0.2, 0.25) is 5.91 Å². The Morgan fingerprint density at radius 1 is 1.36 bits per heavy atom. The molecule has 0 rings (SSSR count). The number of Topliss-reactive ketones (excluding diaryl/α,β-unsaturated/α-hetero) is 1. The first-order chi connectivity index (χ1) is 6.26. The number of halogens is 4. The van der Waals surface area contributed by atoms with E-state index < -0.39 is 36.8 Å². The first-order valence-electron chi connectivity index (χ1n) is 3.66. The van der Waals surface area contributed by atoms with Crippen molar-refractivity contribution in [2.75, 3.05) is 19.0 Å². The molecule has 0 aromatic carbocycles. The summed E-state index contributed by atoms with van der Waals surface area (Å²) >= 11 is 5.10. The highest BCUT2D eigenvalue weighted by atomic mass is 35.5. The summed E-state index contributed by atoms with van der Waals surface area (Å²) in [6, 6.07) is 0. The van der Waals surface area contributed by atoms with Crippen molar-refractivity contribution in [3.8, 4) is 0 Å². The molecular formula is C7H9ClF3NO2. The van der Waals surface area contributed by atoms with Gasteiger partial charge < -0.3 is 4.90 Å². The van der Waals surface area contributed by atoms with Gasteiger partial charge in [0, 0.05) is 6.92 Å². The molecule has 82 valence electrons. The molecule has 0 unspecified atom stereocenters. The summed E-state index contributed by atoms with van der Waals surface area (Å²) in [6.45, 7) is -1.06. The number of hydrogen-bond donors (Lipinski definition) is 0. The summed E-state index contributed by atoms with van der Waals surface area (Å²) in [7, 11) is 0. The number of ketones is 1. The monoisotopic (exact) mass is 231 g/mol. The molecule has 0 heterocycles. The van der Waals surface area contributed by atoms with Gasteiger partial charge in [0.1, 0.15) is 6.54 Å². The Labute approximate surface area is 83.8 Å². The largest absolute Gasteiger partial charge is 0.406 e. The van der Waals surface area contributed by atoms with Crippen molar-refractivity contribution < 1.29 is 22.8 Å². The van der Waals surface area contributed by atoms with Crippen molar-refractivity contribution in [1.29, 1.82) is 0 Å². The van der Waals surface area contributed by atoms with Crippen LogP contribution in [0.25, 0.3) is 0 Å². The molecule has 0 aliphatic heterocycles. The Kier molecular flexibility index (Phi) is 4.90. The summed E-state index contributed by atoms with van der Waals surface area (Å²) in [4.78, 5) is 21.8. The Morgan fingerprint density at radius 2 is 1.86 bits per heavy atom. The van der Waals surface area contributed by atoms with Crippen LogP contribution in [-0.4, -0.2) is 41.7 Å². The molecule has 3 nitrogen and oxygen atoms in total. The number of carbonyl (C=O) groups is 2. The van der Waals surface area contributed by atoms with Crippen LogP contribution in [0.15, 0.2) is 0 Å². The number of carbonyl (C=O) groups excluding carboxylic acids is 2. The molecule has 0 spiro atoms. The lowest BCUT2D eigenvalue weighted by Crippen LogP contribution is -2.41.